The molecular formula is C6H9FN2. The van der Waals surface area contributed by atoms with Gasteiger partial charge in [0.25, 0.3) is 0 Å². The van der Waals surface area contributed by atoms with E-state index in [0.29, 0.717) is 5.69 Å². The molecule has 0 saturated carbocycles. The zero-order valence-electron chi connectivity index (χ0n) is 5.34. The molecule has 0 aliphatic carbocycles. The maximum atomic E-state index is 11.9. The van der Waals surface area contributed by atoms with Gasteiger partial charge in [0, 0.05) is 6.54 Å². The van der Waals surface area contributed by atoms with Crippen LogP contribution in [0.4, 0.5) is 4.39 Å². The van der Waals surface area contributed by atoms with Crippen LogP contribution in [0.1, 0.15) is 12.6 Å². The molecule has 1 heterocycles. The molecular weight excluding hydrogens is 119 g/mol. The Morgan fingerprint density at radius 3 is 3.00 bits per heavy atom. The molecule has 0 radical (unpaired) electrons. The van der Waals surface area contributed by atoms with Crippen LogP contribution >= 0.6 is 0 Å². The van der Waals surface area contributed by atoms with Gasteiger partial charge in [-0.25, -0.2) is 9.37 Å². The average Bonchev–Trinajstić information content (AvgIpc) is 2.33. The Labute approximate surface area is 53.3 Å². The van der Waals surface area contributed by atoms with Crippen LogP contribution in [0.3, 0.4) is 0 Å². The first kappa shape index (κ1) is 6.26. The van der Waals surface area contributed by atoms with Gasteiger partial charge in [0.1, 0.15) is 6.67 Å². The fraction of sp³-hybridized carbons (Fsp3) is 0.500. The molecule has 50 valence electrons. The van der Waals surface area contributed by atoms with Crippen molar-refractivity contribution in [2.75, 3.05) is 0 Å². The lowest BCUT2D eigenvalue weighted by atomic mass is 10.5. The number of rotatable bonds is 2. The third-order valence-electron chi connectivity index (χ3n) is 1.28. The van der Waals surface area contributed by atoms with Crippen LogP contribution in [0.15, 0.2) is 12.5 Å². The van der Waals surface area contributed by atoms with Gasteiger partial charge in [0.05, 0.1) is 18.2 Å². The standard InChI is InChI=1S/C6H9FN2/c1-2-9-5-8-4-6(9)3-7/h4-5H,2-3H2,1H3. The second-order valence-corrected chi connectivity index (χ2v) is 1.80. The number of aryl methyl sites for hydroxylation is 1. The molecule has 0 atom stereocenters. The van der Waals surface area contributed by atoms with E-state index < -0.39 is 6.67 Å². The summed E-state index contributed by atoms with van der Waals surface area (Å²) in [6.45, 7) is 2.33. The zero-order valence-corrected chi connectivity index (χ0v) is 5.34. The summed E-state index contributed by atoms with van der Waals surface area (Å²) < 4.78 is 13.7. The van der Waals surface area contributed by atoms with Crippen LogP contribution in [-0.2, 0) is 13.2 Å². The maximum Gasteiger partial charge on any atom is 0.131 e. The number of alkyl halides is 1. The summed E-state index contributed by atoms with van der Waals surface area (Å²) >= 11 is 0. The van der Waals surface area contributed by atoms with Crippen molar-refractivity contribution in [2.45, 2.75) is 20.1 Å². The van der Waals surface area contributed by atoms with Crippen molar-refractivity contribution in [2.24, 2.45) is 0 Å². The molecule has 0 aliphatic heterocycles. The first-order valence-electron chi connectivity index (χ1n) is 2.93. The predicted octanol–water partition coefficient (Wildman–Crippen LogP) is 1.37. The summed E-state index contributed by atoms with van der Waals surface area (Å²) in [6.07, 6.45) is 3.18. The highest BCUT2D eigenvalue weighted by Crippen LogP contribution is 1.99. The smallest absolute Gasteiger partial charge is 0.131 e. The van der Waals surface area contributed by atoms with Gasteiger partial charge < -0.3 is 4.57 Å². The van der Waals surface area contributed by atoms with Crippen LogP contribution in [0.2, 0.25) is 0 Å². The van der Waals surface area contributed by atoms with Crippen molar-refractivity contribution in [1.29, 1.82) is 0 Å². The topological polar surface area (TPSA) is 17.8 Å². The summed E-state index contributed by atoms with van der Waals surface area (Å²) in [4.78, 5) is 3.79. The number of hydrogen-bond donors (Lipinski definition) is 0. The number of nitrogens with zero attached hydrogens (tertiary/aromatic N) is 2. The molecule has 2 nitrogen and oxygen atoms in total. The minimum absolute atomic E-state index is 0.423. The molecule has 1 rings (SSSR count). The van der Waals surface area contributed by atoms with Gasteiger partial charge in [-0.15, -0.1) is 0 Å². The molecule has 0 amide bonds. The first-order chi connectivity index (χ1) is 4.38. The maximum absolute atomic E-state index is 11.9. The molecule has 1 aromatic heterocycles. The molecule has 0 N–H and O–H groups in total. The van der Waals surface area contributed by atoms with Crippen molar-refractivity contribution < 1.29 is 4.39 Å². The first-order valence-corrected chi connectivity index (χ1v) is 2.93. The van der Waals surface area contributed by atoms with E-state index in [1.54, 1.807) is 17.1 Å². The quantitative estimate of drug-likeness (QED) is 0.588. The highest BCUT2D eigenvalue weighted by atomic mass is 19.1. The van der Waals surface area contributed by atoms with E-state index in [4.69, 9.17) is 0 Å². The Morgan fingerprint density at radius 1 is 1.78 bits per heavy atom. The lowest BCUT2D eigenvalue weighted by molar-refractivity contribution is 0.459. The predicted molar refractivity (Wildman–Crippen MR) is 32.7 cm³/mol. The van der Waals surface area contributed by atoms with E-state index in [1.807, 2.05) is 6.92 Å². The monoisotopic (exact) mass is 128 g/mol. The molecule has 0 aliphatic rings. The Kier molecular flexibility index (Phi) is 1.82. The minimum Gasteiger partial charge on any atom is -0.333 e. The molecule has 1 aromatic rings. The van der Waals surface area contributed by atoms with Crippen molar-refractivity contribution in [3.8, 4) is 0 Å². The van der Waals surface area contributed by atoms with Crippen molar-refractivity contribution in [3.63, 3.8) is 0 Å². The van der Waals surface area contributed by atoms with Gasteiger partial charge in [-0.3, -0.25) is 0 Å². The lowest BCUT2D eigenvalue weighted by Gasteiger charge is -1.97. The van der Waals surface area contributed by atoms with E-state index in [-0.39, 0.29) is 0 Å². The fourth-order valence-corrected chi connectivity index (χ4v) is 0.744. The largest absolute Gasteiger partial charge is 0.333 e. The van der Waals surface area contributed by atoms with Crippen LogP contribution < -0.4 is 0 Å². The third-order valence-corrected chi connectivity index (χ3v) is 1.28. The number of hydrogen-bond acceptors (Lipinski definition) is 1. The second kappa shape index (κ2) is 2.62. The van der Waals surface area contributed by atoms with Crippen LogP contribution in [0.25, 0.3) is 0 Å². The summed E-state index contributed by atoms with van der Waals surface area (Å²) in [5.74, 6) is 0. The number of aromatic nitrogens is 2. The Bertz CT molecular complexity index is 164. The van der Waals surface area contributed by atoms with Crippen LogP contribution in [-0.4, -0.2) is 9.55 Å². The highest BCUT2D eigenvalue weighted by molar-refractivity contribution is 4.95. The fourth-order valence-electron chi connectivity index (χ4n) is 0.744. The van der Waals surface area contributed by atoms with Gasteiger partial charge in [-0.2, -0.15) is 0 Å². The summed E-state index contributed by atoms with van der Waals surface area (Å²) in [5, 5.41) is 0. The van der Waals surface area contributed by atoms with Crippen LogP contribution in [0, 0.1) is 0 Å². The van der Waals surface area contributed by atoms with Crippen molar-refractivity contribution in [3.05, 3.63) is 18.2 Å². The van der Waals surface area contributed by atoms with E-state index in [1.165, 1.54) is 0 Å². The SMILES string of the molecule is CCn1cncc1CF. The van der Waals surface area contributed by atoms with Gasteiger partial charge in [-0.05, 0) is 6.92 Å². The molecule has 0 bridgehead atoms. The van der Waals surface area contributed by atoms with E-state index in [2.05, 4.69) is 4.98 Å². The van der Waals surface area contributed by atoms with Gasteiger partial charge >= 0.3 is 0 Å². The van der Waals surface area contributed by atoms with Gasteiger partial charge in [0.2, 0.25) is 0 Å². The Morgan fingerprint density at radius 2 is 2.56 bits per heavy atom. The number of imidazole rings is 1. The van der Waals surface area contributed by atoms with Gasteiger partial charge in [-0.1, -0.05) is 0 Å². The molecule has 0 aromatic carbocycles. The molecule has 9 heavy (non-hydrogen) atoms. The summed E-state index contributed by atoms with van der Waals surface area (Å²) in [6, 6.07) is 0. The summed E-state index contributed by atoms with van der Waals surface area (Å²) in [5.41, 5.74) is 0.650. The molecule has 3 heteroatoms. The zero-order chi connectivity index (χ0) is 6.69. The molecule has 0 spiro atoms. The van der Waals surface area contributed by atoms with E-state index in [0.717, 1.165) is 6.54 Å². The van der Waals surface area contributed by atoms with E-state index >= 15 is 0 Å². The van der Waals surface area contributed by atoms with E-state index in [9.17, 15) is 4.39 Å². The third kappa shape index (κ3) is 1.09. The normalized spacial score (nSPS) is 10.0. The highest BCUT2D eigenvalue weighted by Gasteiger charge is 1.96. The average molecular weight is 128 g/mol. The minimum atomic E-state index is -0.423. The van der Waals surface area contributed by atoms with Gasteiger partial charge in [0.15, 0.2) is 0 Å². The van der Waals surface area contributed by atoms with Crippen LogP contribution in [0.5, 0.6) is 0 Å². The molecule has 0 unspecified atom stereocenters. The number of halogens is 1. The molecule has 0 saturated heterocycles. The Balaban J connectivity index is 2.85. The van der Waals surface area contributed by atoms with Crippen molar-refractivity contribution in [1.82, 2.24) is 9.55 Å². The summed E-state index contributed by atoms with van der Waals surface area (Å²) in [7, 11) is 0. The molecule has 0 fully saturated rings. The van der Waals surface area contributed by atoms with Crippen molar-refractivity contribution >= 4 is 0 Å². The second-order valence-electron chi connectivity index (χ2n) is 1.80. The Hall–Kier alpha value is -0.860. The lowest BCUT2D eigenvalue weighted by Crippen LogP contribution is -1.95.